The average molecular weight is 348 g/mol. The zero-order chi connectivity index (χ0) is 17.6. The molecule has 25 heavy (non-hydrogen) atoms. The number of carbonyl (C=O) groups is 2. The molecule has 1 heterocycles. The minimum Gasteiger partial charge on any atom is -0.341 e. The minimum absolute atomic E-state index is 0.0453. The molecule has 6 nitrogen and oxygen atoms in total. The zero-order valence-corrected chi connectivity index (χ0v) is 14.3. The topological polar surface area (TPSA) is 73.5 Å². The van der Waals surface area contributed by atoms with Crippen LogP contribution in [0.4, 0.5) is 14.9 Å². The lowest BCUT2D eigenvalue weighted by Crippen LogP contribution is -2.49. The molecule has 2 fully saturated rings. The van der Waals surface area contributed by atoms with E-state index < -0.39 is 0 Å². The molecular formula is C18H25FN4O2. The van der Waals surface area contributed by atoms with Crippen LogP contribution < -0.4 is 16.0 Å². The number of halogens is 1. The van der Waals surface area contributed by atoms with Crippen LogP contribution in [0.2, 0.25) is 0 Å². The van der Waals surface area contributed by atoms with Crippen molar-refractivity contribution in [3.63, 3.8) is 0 Å². The SMILES string of the molecule is O=C(Nc1ccc(F)cc1)NC1CCN(C(=O)CNCC2CC2)CC1. The first-order valence-corrected chi connectivity index (χ1v) is 8.92. The highest BCUT2D eigenvalue weighted by Crippen LogP contribution is 2.27. The highest BCUT2D eigenvalue weighted by Gasteiger charge is 2.25. The zero-order valence-electron chi connectivity index (χ0n) is 14.3. The first-order chi connectivity index (χ1) is 12.1. The number of rotatable bonds is 6. The van der Waals surface area contributed by atoms with Gasteiger partial charge in [-0.25, -0.2) is 9.18 Å². The van der Waals surface area contributed by atoms with Crippen LogP contribution in [-0.2, 0) is 4.79 Å². The first-order valence-electron chi connectivity index (χ1n) is 8.92. The second-order valence-corrected chi connectivity index (χ2v) is 6.83. The van der Waals surface area contributed by atoms with Gasteiger partial charge in [0.1, 0.15) is 5.82 Å². The van der Waals surface area contributed by atoms with Crippen molar-refractivity contribution in [3.8, 4) is 0 Å². The maximum absolute atomic E-state index is 12.9. The molecule has 1 saturated carbocycles. The molecule has 1 saturated heterocycles. The monoisotopic (exact) mass is 348 g/mol. The summed E-state index contributed by atoms with van der Waals surface area (Å²) < 4.78 is 12.9. The van der Waals surface area contributed by atoms with E-state index in [0.29, 0.717) is 25.3 Å². The number of piperidine rings is 1. The lowest BCUT2D eigenvalue weighted by Gasteiger charge is -2.32. The number of hydrogen-bond donors (Lipinski definition) is 3. The Labute approximate surface area is 147 Å². The van der Waals surface area contributed by atoms with E-state index in [-0.39, 0.29) is 23.8 Å². The van der Waals surface area contributed by atoms with E-state index >= 15 is 0 Å². The maximum atomic E-state index is 12.9. The number of carbonyl (C=O) groups excluding carboxylic acids is 2. The van der Waals surface area contributed by atoms with Gasteiger partial charge in [0.15, 0.2) is 0 Å². The molecule has 2 aliphatic rings. The number of likely N-dealkylation sites (tertiary alicyclic amines) is 1. The van der Waals surface area contributed by atoms with Crippen molar-refractivity contribution in [3.05, 3.63) is 30.1 Å². The number of amides is 3. The van der Waals surface area contributed by atoms with Gasteiger partial charge >= 0.3 is 6.03 Å². The van der Waals surface area contributed by atoms with Crippen LogP contribution in [0.15, 0.2) is 24.3 Å². The third kappa shape index (κ3) is 5.70. The molecule has 0 bridgehead atoms. The summed E-state index contributed by atoms with van der Waals surface area (Å²) in [5.41, 5.74) is 0.549. The third-order valence-corrected chi connectivity index (χ3v) is 4.69. The van der Waals surface area contributed by atoms with Gasteiger partial charge in [-0.05, 0) is 62.4 Å². The highest BCUT2D eigenvalue weighted by molar-refractivity contribution is 5.89. The quantitative estimate of drug-likeness (QED) is 0.736. The van der Waals surface area contributed by atoms with Gasteiger partial charge in [-0.3, -0.25) is 4.79 Å². The molecular weight excluding hydrogens is 323 g/mol. The summed E-state index contributed by atoms with van der Waals surface area (Å²) in [4.78, 5) is 26.0. The number of nitrogens with one attached hydrogen (secondary N) is 3. The molecule has 0 aromatic heterocycles. The van der Waals surface area contributed by atoms with Crippen molar-refractivity contribution in [2.75, 3.05) is 31.5 Å². The Bertz CT molecular complexity index is 596. The van der Waals surface area contributed by atoms with E-state index in [9.17, 15) is 14.0 Å². The molecule has 0 unspecified atom stereocenters. The summed E-state index contributed by atoms with van der Waals surface area (Å²) in [6, 6.07) is 5.38. The number of nitrogens with zero attached hydrogens (tertiary/aromatic N) is 1. The maximum Gasteiger partial charge on any atom is 0.319 e. The van der Waals surface area contributed by atoms with E-state index in [0.717, 1.165) is 25.3 Å². The van der Waals surface area contributed by atoms with Gasteiger partial charge in [0.25, 0.3) is 0 Å². The Hall–Kier alpha value is -2.15. The van der Waals surface area contributed by atoms with E-state index in [1.807, 2.05) is 4.90 Å². The van der Waals surface area contributed by atoms with Gasteiger partial charge in [0, 0.05) is 24.8 Å². The van der Waals surface area contributed by atoms with Gasteiger partial charge in [-0.15, -0.1) is 0 Å². The summed E-state index contributed by atoms with van der Waals surface area (Å²) in [7, 11) is 0. The normalized spacial score (nSPS) is 18.0. The number of anilines is 1. The third-order valence-electron chi connectivity index (χ3n) is 4.69. The first kappa shape index (κ1) is 17.7. The fourth-order valence-corrected chi connectivity index (χ4v) is 2.98. The van der Waals surface area contributed by atoms with Gasteiger partial charge < -0.3 is 20.9 Å². The van der Waals surface area contributed by atoms with Crippen molar-refractivity contribution < 1.29 is 14.0 Å². The molecule has 0 radical (unpaired) electrons. The number of urea groups is 1. The van der Waals surface area contributed by atoms with Crippen LogP contribution in [0.3, 0.4) is 0 Å². The molecule has 1 aliphatic heterocycles. The van der Waals surface area contributed by atoms with Crippen LogP contribution in [0.5, 0.6) is 0 Å². The van der Waals surface area contributed by atoms with Gasteiger partial charge in [0.2, 0.25) is 5.91 Å². The van der Waals surface area contributed by atoms with Crippen LogP contribution in [0, 0.1) is 11.7 Å². The Morgan fingerprint density at radius 2 is 1.76 bits per heavy atom. The van der Waals surface area contributed by atoms with Crippen LogP contribution in [0.25, 0.3) is 0 Å². The van der Waals surface area contributed by atoms with E-state index in [1.165, 1.54) is 37.1 Å². The van der Waals surface area contributed by atoms with Crippen molar-refractivity contribution in [1.29, 1.82) is 0 Å². The van der Waals surface area contributed by atoms with Crippen LogP contribution in [0.1, 0.15) is 25.7 Å². The molecule has 136 valence electrons. The second-order valence-electron chi connectivity index (χ2n) is 6.83. The summed E-state index contributed by atoms with van der Waals surface area (Å²) in [5.74, 6) is 0.562. The minimum atomic E-state index is -0.338. The van der Waals surface area contributed by atoms with E-state index in [4.69, 9.17) is 0 Å². The fourth-order valence-electron chi connectivity index (χ4n) is 2.98. The van der Waals surface area contributed by atoms with Gasteiger partial charge in [-0.1, -0.05) is 0 Å². The second kappa shape index (κ2) is 8.29. The average Bonchev–Trinajstić information content (AvgIpc) is 3.42. The number of benzene rings is 1. The molecule has 1 aromatic rings. The largest absolute Gasteiger partial charge is 0.341 e. The van der Waals surface area contributed by atoms with Crippen molar-refractivity contribution in [1.82, 2.24) is 15.5 Å². The van der Waals surface area contributed by atoms with E-state index in [2.05, 4.69) is 16.0 Å². The molecule has 3 rings (SSSR count). The molecule has 3 N–H and O–H groups in total. The standard InChI is InChI=1S/C18H25FN4O2/c19-14-3-5-15(6-4-14)21-18(25)22-16-7-9-23(10-8-16)17(24)12-20-11-13-1-2-13/h3-6,13,16,20H,1-2,7-12H2,(H2,21,22,25). The molecule has 7 heteroatoms. The van der Waals surface area contributed by atoms with Crippen molar-refractivity contribution >= 4 is 17.6 Å². The van der Waals surface area contributed by atoms with E-state index in [1.54, 1.807) is 0 Å². The lowest BCUT2D eigenvalue weighted by molar-refractivity contribution is -0.131. The Balaban J connectivity index is 1.34. The molecule has 1 aromatic carbocycles. The highest BCUT2D eigenvalue weighted by atomic mass is 19.1. The van der Waals surface area contributed by atoms with Gasteiger partial charge in [-0.2, -0.15) is 0 Å². The Kier molecular flexibility index (Phi) is 5.86. The summed E-state index contributed by atoms with van der Waals surface area (Å²) in [5, 5.41) is 8.82. The Morgan fingerprint density at radius 3 is 2.40 bits per heavy atom. The van der Waals surface area contributed by atoms with Crippen molar-refractivity contribution in [2.45, 2.75) is 31.7 Å². The lowest BCUT2D eigenvalue weighted by atomic mass is 10.1. The van der Waals surface area contributed by atoms with Gasteiger partial charge in [0.05, 0.1) is 6.54 Å². The summed E-state index contributed by atoms with van der Waals surface area (Å²) >= 11 is 0. The van der Waals surface area contributed by atoms with Crippen LogP contribution in [-0.4, -0.2) is 49.1 Å². The molecule has 3 amide bonds. The smallest absolute Gasteiger partial charge is 0.319 e. The summed E-state index contributed by atoms with van der Waals surface area (Å²) in [6.07, 6.45) is 4.03. The molecule has 0 spiro atoms. The predicted molar refractivity (Wildman–Crippen MR) is 93.8 cm³/mol. The Morgan fingerprint density at radius 1 is 1.08 bits per heavy atom. The molecule has 1 aliphatic carbocycles. The van der Waals surface area contributed by atoms with Crippen molar-refractivity contribution in [2.24, 2.45) is 5.92 Å². The predicted octanol–water partition coefficient (Wildman–Crippen LogP) is 1.94. The van der Waals surface area contributed by atoms with Crippen LogP contribution >= 0.6 is 0 Å². The molecule has 0 atom stereocenters. The summed E-state index contributed by atoms with van der Waals surface area (Å²) in [6.45, 7) is 2.66. The fraction of sp³-hybridized carbons (Fsp3) is 0.556. The number of hydrogen-bond acceptors (Lipinski definition) is 3.